The number of nitrogens with zero attached hydrogens (tertiary/aromatic N) is 2. The van der Waals surface area contributed by atoms with Crippen molar-refractivity contribution in [3.8, 4) is 5.75 Å². The van der Waals surface area contributed by atoms with E-state index in [1.807, 2.05) is 0 Å². The Bertz CT molecular complexity index is 911. The van der Waals surface area contributed by atoms with E-state index in [4.69, 9.17) is 11.6 Å². The molecule has 1 aliphatic heterocycles. The minimum absolute atomic E-state index is 0.106. The van der Waals surface area contributed by atoms with Gasteiger partial charge in [0.05, 0.1) is 12.6 Å². The maximum Gasteiger partial charge on any atom is 0.252 e. The smallest absolute Gasteiger partial charge is 0.252 e. The van der Waals surface area contributed by atoms with Crippen molar-refractivity contribution in [2.75, 3.05) is 5.32 Å². The molecular formula is C18H16ClN5O3. The molecule has 0 aromatic heterocycles. The van der Waals surface area contributed by atoms with Gasteiger partial charge in [0.1, 0.15) is 11.8 Å². The number of benzene rings is 2. The van der Waals surface area contributed by atoms with Crippen LogP contribution in [0.1, 0.15) is 12.0 Å². The second-order valence-electron chi connectivity index (χ2n) is 5.71. The predicted octanol–water partition coefficient (Wildman–Crippen LogP) is 1.85. The number of halogens is 1. The van der Waals surface area contributed by atoms with Crippen LogP contribution in [0.15, 0.2) is 58.6 Å². The molecule has 2 amide bonds. The van der Waals surface area contributed by atoms with E-state index in [9.17, 15) is 14.7 Å². The number of hydrazone groups is 1. The molecule has 4 N–H and O–H groups in total. The largest absolute Gasteiger partial charge is 0.508 e. The van der Waals surface area contributed by atoms with Crippen molar-refractivity contribution in [1.82, 2.24) is 10.7 Å². The first kappa shape index (κ1) is 18.4. The predicted molar refractivity (Wildman–Crippen MR) is 103 cm³/mol. The Morgan fingerprint density at radius 2 is 2.07 bits per heavy atom. The van der Waals surface area contributed by atoms with Crippen molar-refractivity contribution in [3.63, 3.8) is 0 Å². The Balaban J connectivity index is 1.54. The summed E-state index contributed by atoms with van der Waals surface area (Å²) in [5.74, 6) is -0.421. The molecule has 138 valence electrons. The van der Waals surface area contributed by atoms with Gasteiger partial charge in [-0.15, -0.1) is 0 Å². The van der Waals surface area contributed by atoms with Crippen LogP contribution in [-0.4, -0.2) is 35.1 Å². The number of hydrogen-bond acceptors (Lipinski definition) is 6. The van der Waals surface area contributed by atoms with Crippen molar-refractivity contribution in [2.45, 2.75) is 12.5 Å². The van der Waals surface area contributed by atoms with Crippen molar-refractivity contribution in [2.24, 2.45) is 10.1 Å². The summed E-state index contributed by atoms with van der Waals surface area (Å²) in [6, 6.07) is 12.3. The molecule has 1 aliphatic rings. The molecule has 0 bridgehead atoms. The third kappa shape index (κ3) is 5.29. The van der Waals surface area contributed by atoms with E-state index >= 15 is 0 Å². The van der Waals surface area contributed by atoms with Crippen LogP contribution in [0.2, 0.25) is 5.02 Å². The van der Waals surface area contributed by atoms with Gasteiger partial charge in [-0.2, -0.15) is 5.10 Å². The summed E-state index contributed by atoms with van der Waals surface area (Å²) < 4.78 is 0. The number of anilines is 1. The lowest BCUT2D eigenvalue weighted by Crippen LogP contribution is -2.35. The van der Waals surface area contributed by atoms with Crippen molar-refractivity contribution in [3.05, 3.63) is 59.1 Å². The molecule has 0 saturated heterocycles. The molecule has 0 fully saturated rings. The lowest BCUT2D eigenvalue weighted by atomic mass is 10.2. The number of carbonyl (C=O) groups excluding carboxylic acids is 2. The molecule has 27 heavy (non-hydrogen) atoms. The van der Waals surface area contributed by atoms with Crippen LogP contribution in [0.25, 0.3) is 0 Å². The summed E-state index contributed by atoms with van der Waals surface area (Å²) in [5, 5.41) is 18.9. The van der Waals surface area contributed by atoms with Gasteiger partial charge < -0.3 is 10.4 Å². The lowest BCUT2D eigenvalue weighted by Gasteiger charge is -2.07. The van der Waals surface area contributed by atoms with Crippen LogP contribution in [0, 0.1) is 0 Å². The van der Waals surface area contributed by atoms with Gasteiger partial charge in [-0.1, -0.05) is 17.7 Å². The highest BCUT2D eigenvalue weighted by atomic mass is 35.5. The average Bonchev–Trinajstić information content (AvgIpc) is 2.96. The lowest BCUT2D eigenvalue weighted by molar-refractivity contribution is -0.123. The maximum absolute atomic E-state index is 12.1. The Morgan fingerprint density at radius 1 is 1.30 bits per heavy atom. The highest BCUT2D eigenvalue weighted by Gasteiger charge is 2.28. The van der Waals surface area contributed by atoms with E-state index in [2.05, 4.69) is 26.2 Å². The zero-order chi connectivity index (χ0) is 19.2. The van der Waals surface area contributed by atoms with E-state index in [-0.39, 0.29) is 24.0 Å². The first-order chi connectivity index (χ1) is 13.0. The number of guanidine groups is 1. The van der Waals surface area contributed by atoms with E-state index in [1.165, 1.54) is 18.3 Å². The average molecular weight is 386 g/mol. The number of amides is 2. The SMILES string of the molecule is O=C(C[C@@H]1N=C(N/N=C\c2ccc(O)cc2)NC1=O)Nc1cccc(Cl)c1. The standard InChI is InChI=1S/C18H16ClN5O3/c19-12-2-1-3-13(8-12)21-16(26)9-15-17(27)23-18(22-15)24-20-10-11-4-6-14(25)7-5-11/h1-8,10,15,25H,9H2,(H,21,26)(H2,22,23,24,27)/b20-10-/t15-/m0/s1. The molecule has 2 aromatic carbocycles. The van der Waals surface area contributed by atoms with Crippen molar-refractivity contribution in [1.29, 1.82) is 0 Å². The minimum atomic E-state index is -0.837. The summed E-state index contributed by atoms with van der Waals surface area (Å²) in [7, 11) is 0. The van der Waals surface area contributed by atoms with Crippen LogP contribution < -0.4 is 16.1 Å². The number of aliphatic imine (C=N–C) groups is 1. The Hall–Kier alpha value is -3.39. The number of rotatable bonds is 5. The second-order valence-corrected chi connectivity index (χ2v) is 6.14. The Labute approximate surface area is 160 Å². The molecule has 0 spiro atoms. The van der Waals surface area contributed by atoms with Gasteiger partial charge in [0.2, 0.25) is 11.9 Å². The molecule has 0 saturated carbocycles. The first-order valence-corrected chi connectivity index (χ1v) is 8.39. The highest BCUT2D eigenvalue weighted by molar-refractivity contribution is 6.30. The molecule has 0 radical (unpaired) electrons. The molecule has 2 aromatic rings. The van der Waals surface area contributed by atoms with Gasteiger partial charge in [0, 0.05) is 10.7 Å². The highest BCUT2D eigenvalue weighted by Crippen LogP contribution is 2.16. The molecule has 1 heterocycles. The maximum atomic E-state index is 12.1. The molecule has 9 heteroatoms. The fourth-order valence-corrected chi connectivity index (χ4v) is 2.51. The van der Waals surface area contributed by atoms with Crippen LogP contribution in [0.3, 0.4) is 0 Å². The minimum Gasteiger partial charge on any atom is -0.508 e. The van der Waals surface area contributed by atoms with E-state index in [1.54, 1.807) is 36.4 Å². The number of aromatic hydroxyl groups is 1. The van der Waals surface area contributed by atoms with Gasteiger partial charge in [0.15, 0.2) is 0 Å². The van der Waals surface area contributed by atoms with Crippen LogP contribution in [-0.2, 0) is 9.59 Å². The fraction of sp³-hybridized carbons (Fsp3) is 0.111. The molecule has 0 unspecified atom stereocenters. The van der Waals surface area contributed by atoms with E-state index < -0.39 is 11.9 Å². The summed E-state index contributed by atoms with van der Waals surface area (Å²) in [6.45, 7) is 0. The van der Waals surface area contributed by atoms with Gasteiger partial charge in [-0.25, -0.2) is 10.4 Å². The number of hydrogen-bond donors (Lipinski definition) is 4. The zero-order valence-corrected chi connectivity index (χ0v) is 14.8. The fourth-order valence-electron chi connectivity index (χ4n) is 2.32. The normalized spacial score (nSPS) is 16.1. The second kappa shape index (κ2) is 8.33. The third-order valence-corrected chi connectivity index (χ3v) is 3.83. The van der Waals surface area contributed by atoms with Crippen LogP contribution >= 0.6 is 11.6 Å². The molecule has 1 atom stereocenters. The van der Waals surface area contributed by atoms with Crippen molar-refractivity contribution < 1.29 is 14.7 Å². The Morgan fingerprint density at radius 3 is 2.81 bits per heavy atom. The van der Waals surface area contributed by atoms with Gasteiger partial charge in [-0.05, 0) is 48.0 Å². The number of phenols is 1. The van der Waals surface area contributed by atoms with E-state index in [0.717, 1.165) is 5.56 Å². The summed E-state index contributed by atoms with van der Waals surface area (Å²) in [6.07, 6.45) is 1.40. The number of carbonyl (C=O) groups is 2. The van der Waals surface area contributed by atoms with Gasteiger partial charge in [-0.3, -0.25) is 14.9 Å². The monoisotopic (exact) mass is 385 g/mol. The quantitative estimate of drug-likeness (QED) is 0.464. The summed E-state index contributed by atoms with van der Waals surface area (Å²) in [4.78, 5) is 28.2. The first-order valence-electron chi connectivity index (χ1n) is 8.02. The van der Waals surface area contributed by atoms with Gasteiger partial charge in [0.25, 0.3) is 5.91 Å². The van der Waals surface area contributed by atoms with Crippen molar-refractivity contribution >= 4 is 41.3 Å². The van der Waals surface area contributed by atoms with Crippen LogP contribution in [0.4, 0.5) is 5.69 Å². The number of nitrogens with one attached hydrogen (secondary N) is 3. The van der Waals surface area contributed by atoms with E-state index in [0.29, 0.717) is 10.7 Å². The molecule has 8 nitrogen and oxygen atoms in total. The Kier molecular flexibility index (Phi) is 5.68. The molecular weight excluding hydrogens is 370 g/mol. The summed E-state index contributed by atoms with van der Waals surface area (Å²) >= 11 is 5.87. The molecule has 0 aliphatic carbocycles. The van der Waals surface area contributed by atoms with Crippen LogP contribution in [0.5, 0.6) is 5.75 Å². The summed E-state index contributed by atoms with van der Waals surface area (Å²) in [5.41, 5.74) is 3.91. The third-order valence-electron chi connectivity index (χ3n) is 3.59. The number of phenolic OH excluding ortho intramolecular Hbond substituents is 1. The topological polar surface area (TPSA) is 115 Å². The zero-order valence-electron chi connectivity index (χ0n) is 14.0. The van der Waals surface area contributed by atoms with Gasteiger partial charge >= 0.3 is 0 Å². The molecule has 3 rings (SSSR count).